The van der Waals surface area contributed by atoms with E-state index in [0.717, 1.165) is 0 Å². The normalized spacial score (nSPS) is 22.6. The topological polar surface area (TPSA) is 110 Å². The number of hydrogen-bond acceptors (Lipinski definition) is 7. The summed E-state index contributed by atoms with van der Waals surface area (Å²) < 4.78 is 37.3. The fraction of sp³-hybridized carbons (Fsp3) is 0.600. The van der Waals surface area contributed by atoms with Crippen LogP contribution in [0.15, 0.2) is 19.9 Å². The molecule has 0 unspecified atom stereocenters. The van der Waals surface area contributed by atoms with Crippen LogP contribution in [0.5, 0.6) is 0 Å². The van der Waals surface area contributed by atoms with E-state index in [4.69, 9.17) is 8.94 Å². The van der Waals surface area contributed by atoms with Gasteiger partial charge in [0.05, 0.1) is 6.54 Å². The third-order valence-corrected chi connectivity index (χ3v) is 6.13. The van der Waals surface area contributed by atoms with Crippen molar-refractivity contribution in [1.29, 1.82) is 0 Å². The zero-order chi connectivity index (χ0) is 17.7. The first-order chi connectivity index (χ1) is 11.1. The Hall–Kier alpha value is -1.71. The summed E-state index contributed by atoms with van der Waals surface area (Å²) in [5.41, 5.74) is -1.47. The smallest absolute Gasteiger partial charge is 0.260 e. The minimum absolute atomic E-state index is 0.0592. The molecule has 0 spiro atoms. The second-order valence-corrected chi connectivity index (χ2v) is 8.42. The van der Waals surface area contributed by atoms with Crippen molar-refractivity contribution in [2.45, 2.75) is 50.5 Å². The van der Waals surface area contributed by atoms with Gasteiger partial charge >= 0.3 is 0 Å². The Morgan fingerprint density at radius 1 is 1.38 bits per heavy atom. The summed E-state index contributed by atoms with van der Waals surface area (Å²) in [6.07, 6.45) is 0.196. The molecular weight excluding hydrogens is 334 g/mol. The van der Waals surface area contributed by atoms with Crippen molar-refractivity contribution < 1.29 is 22.5 Å². The number of aryl methyl sites for hydroxylation is 2. The van der Waals surface area contributed by atoms with Gasteiger partial charge in [0.15, 0.2) is 11.4 Å². The fourth-order valence-electron chi connectivity index (χ4n) is 2.80. The molecule has 1 aliphatic rings. The number of hydrogen-bond donors (Lipinski definition) is 1. The lowest BCUT2D eigenvalue weighted by atomic mass is 10.0. The zero-order valence-corrected chi connectivity index (χ0v) is 14.9. The van der Waals surface area contributed by atoms with E-state index in [2.05, 4.69) is 10.1 Å². The minimum Gasteiger partial charge on any atom is -0.465 e. The van der Waals surface area contributed by atoms with Crippen molar-refractivity contribution >= 4 is 10.0 Å². The van der Waals surface area contributed by atoms with E-state index < -0.39 is 15.6 Å². The molecule has 3 rings (SSSR count). The van der Waals surface area contributed by atoms with Crippen molar-refractivity contribution in [3.05, 3.63) is 29.3 Å². The highest BCUT2D eigenvalue weighted by Gasteiger charge is 2.47. The maximum atomic E-state index is 12.8. The lowest BCUT2D eigenvalue weighted by Crippen LogP contribution is -2.34. The van der Waals surface area contributed by atoms with E-state index >= 15 is 0 Å². The van der Waals surface area contributed by atoms with Crippen LogP contribution in [0.3, 0.4) is 0 Å². The highest BCUT2D eigenvalue weighted by atomic mass is 32.2. The maximum Gasteiger partial charge on any atom is 0.260 e. The van der Waals surface area contributed by atoms with Crippen LogP contribution in [0, 0.1) is 13.8 Å². The fourth-order valence-corrected chi connectivity index (χ4v) is 4.51. The van der Waals surface area contributed by atoms with Gasteiger partial charge in [-0.2, -0.15) is 9.29 Å². The highest BCUT2D eigenvalue weighted by Crippen LogP contribution is 2.35. The minimum atomic E-state index is -3.75. The van der Waals surface area contributed by atoms with Gasteiger partial charge in [-0.3, -0.25) is 0 Å². The number of furan rings is 1. The second kappa shape index (κ2) is 5.68. The van der Waals surface area contributed by atoms with Crippen molar-refractivity contribution in [3.8, 4) is 0 Å². The number of aromatic nitrogens is 2. The van der Waals surface area contributed by atoms with E-state index in [1.165, 1.54) is 10.4 Å². The average Bonchev–Trinajstić information content (AvgIpc) is 3.17. The zero-order valence-electron chi connectivity index (χ0n) is 14.1. The second-order valence-electron chi connectivity index (χ2n) is 6.51. The number of nitrogens with zero attached hydrogens (tertiary/aromatic N) is 3. The predicted octanol–water partition coefficient (Wildman–Crippen LogP) is 1.69. The van der Waals surface area contributed by atoms with Gasteiger partial charge in [0.2, 0.25) is 10.0 Å². The third-order valence-electron chi connectivity index (χ3n) is 4.18. The standard InChI is InChI=1S/C15H21N3O5S/c1-9(2)13-16-14(23-17-13)15(19)5-6-18(8-15)24(20,21)12-7-10(3)22-11(12)4/h7,9,19H,5-6,8H2,1-4H3/t15-/m1/s1. The van der Waals surface area contributed by atoms with Gasteiger partial charge in [0.1, 0.15) is 16.4 Å². The number of sulfonamides is 1. The van der Waals surface area contributed by atoms with Gasteiger partial charge < -0.3 is 14.0 Å². The van der Waals surface area contributed by atoms with Crippen LogP contribution >= 0.6 is 0 Å². The Balaban J connectivity index is 1.87. The summed E-state index contributed by atoms with van der Waals surface area (Å²) >= 11 is 0. The first-order valence-electron chi connectivity index (χ1n) is 7.77. The van der Waals surface area contributed by atoms with Gasteiger partial charge in [-0.1, -0.05) is 19.0 Å². The molecule has 0 radical (unpaired) electrons. The molecule has 0 bridgehead atoms. The summed E-state index contributed by atoms with van der Waals surface area (Å²) in [6.45, 7) is 7.16. The van der Waals surface area contributed by atoms with E-state index in [-0.39, 0.29) is 36.2 Å². The summed E-state index contributed by atoms with van der Waals surface area (Å²) in [5, 5.41) is 14.6. The van der Waals surface area contributed by atoms with Crippen molar-refractivity contribution in [2.24, 2.45) is 0 Å². The molecule has 8 nitrogen and oxygen atoms in total. The molecule has 1 N–H and O–H groups in total. The molecule has 1 saturated heterocycles. The van der Waals surface area contributed by atoms with Gasteiger partial charge in [-0.15, -0.1) is 0 Å². The van der Waals surface area contributed by atoms with E-state index in [9.17, 15) is 13.5 Å². The van der Waals surface area contributed by atoms with E-state index in [1.54, 1.807) is 13.8 Å². The van der Waals surface area contributed by atoms with Crippen LogP contribution in [0.1, 0.15) is 49.4 Å². The molecule has 1 aliphatic heterocycles. The average molecular weight is 355 g/mol. The van der Waals surface area contributed by atoms with Crippen LogP contribution in [-0.4, -0.2) is 41.1 Å². The van der Waals surface area contributed by atoms with Crippen molar-refractivity contribution in [3.63, 3.8) is 0 Å². The van der Waals surface area contributed by atoms with Crippen LogP contribution in [0.4, 0.5) is 0 Å². The SMILES string of the molecule is Cc1cc(S(=O)(=O)N2CC[C@](O)(c3nc(C(C)C)no3)C2)c(C)o1. The highest BCUT2D eigenvalue weighted by molar-refractivity contribution is 7.89. The quantitative estimate of drug-likeness (QED) is 0.888. The molecule has 2 aromatic heterocycles. The maximum absolute atomic E-state index is 12.8. The van der Waals surface area contributed by atoms with Crippen molar-refractivity contribution in [1.82, 2.24) is 14.4 Å². The number of aliphatic hydroxyl groups is 1. The first kappa shape index (κ1) is 17.1. The van der Waals surface area contributed by atoms with Crippen LogP contribution in [-0.2, 0) is 15.6 Å². The monoisotopic (exact) mass is 355 g/mol. The van der Waals surface area contributed by atoms with Crippen LogP contribution < -0.4 is 0 Å². The molecule has 132 valence electrons. The first-order valence-corrected chi connectivity index (χ1v) is 9.21. The van der Waals surface area contributed by atoms with Crippen LogP contribution in [0.2, 0.25) is 0 Å². The Morgan fingerprint density at radius 3 is 2.62 bits per heavy atom. The molecule has 1 fully saturated rings. The lowest BCUT2D eigenvalue weighted by molar-refractivity contribution is 0.0194. The lowest BCUT2D eigenvalue weighted by Gasteiger charge is -2.19. The Morgan fingerprint density at radius 2 is 2.08 bits per heavy atom. The third kappa shape index (κ3) is 2.76. The molecule has 0 aliphatic carbocycles. The Labute approximate surface area is 140 Å². The molecule has 0 saturated carbocycles. The summed E-state index contributed by atoms with van der Waals surface area (Å²) in [5.74, 6) is 1.47. The van der Waals surface area contributed by atoms with Crippen molar-refractivity contribution in [2.75, 3.05) is 13.1 Å². The molecule has 24 heavy (non-hydrogen) atoms. The summed E-state index contributed by atoms with van der Waals surface area (Å²) in [4.78, 5) is 4.33. The Kier molecular flexibility index (Phi) is 4.05. The van der Waals surface area contributed by atoms with Gasteiger partial charge in [0, 0.05) is 18.9 Å². The molecule has 3 heterocycles. The number of β-amino-alcohol motifs (C(OH)–C–C–N with tert-alkyl or cyclic N) is 1. The van der Waals surface area contributed by atoms with E-state index in [0.29, 0.717) is 17.3 Å². The molecule has 2 aromatic rings. The molecule has 1 atom stereocenters. The summed E-state index contributed by atoms with van der Waals surface area (Å²) in [6, 6.07) is 1.49. The summed E-state index contributed by atoms with van der Waals surface area (Å²) in [7, 11) is -3.75. The molecule has 0 amide bonds. The largest absolute Gasteiger partial charge is 0.465 e. The molecule has 0 aromatic carbocycles. The molecular formula is C15H21N3O5S. The van der Waals surface area contributed by atoms with Crippen LogP contribution in [0.25, 0.3) is 0 Å². The van der Waals surface area contributed by atoms with Gasteiger partial charge in [0.25, 0.3) is 5.89 Å². The Bertz CT molecular complexity index is 854. The predicted molar refractivity (Wildman–Crippen MR) is 83.8 cm³/mol. The van der Waals surface area contributed by atoms with Gasteiger partial charge in [-0.25, -0.2) is 8.42 Å². The molecule has 9 heteroatoms. The van der Waals surface area contributed by atoms with E-state index in [1.807, 2.05) is 13.8 Å². The number of rotatable bonds is 4. The van der Waals surface area contributed by atoms with Gasteiger partial charge in [-0.05, 0) is 19.9 Å².